The summed E-state index contributed by atoms with van der Waals surface area (Å²) in [6, 6.07) is 24.5. The van der Waals surface area contributed by atoms with E-state index in [0.29, 0.717) is 22.7 Å². The molecule has 3 N–H and O–H groups in total. The molecule has 0 unspecified atom stereocenters. The molecule has 3 aromatic rings. The van der Waals surface area contributed by atoms with Crippen LogP contribution in [0.1, 0.15) is 29.6 Å². The van der Waals surface area contributed by atoms with Crippen molar-refractivity contribution >= 4 is 29.4 Å². The predicted octanol–water partition coefficient (Wildman–Crippen LogP) is 3.59. The fraction of sp³-hybridized carbons (Fsp3) is 0.154. The molecule has 9 heteroatoms. The molecule has 0 saturated heterocycles. The normalized spacial score (nSPS) is 10.1. The average molecular weight is 476 g/mol. The van der Waals surface area contributed by atoms with Gasteiger partial charge in [0.25, 0.3) is 11.8 Å². The molecule has 0 heterocycles. The van der Waals surface area contributed by atoms with E-state index >= 15 is 0 Å². The van der Waals surface area contributed by atoms with Crippen molar-refractivity contribution in [2.75, 3.05) is 11.9 Å². The summed E-state index contributed by atoms with van der Waals surface area (Å²) in [7, 11) is 0. The van der Waals surface area contributed by atoms with E-state index in [9.17, 15) is 19.2 Å². The molecule has 0 bridgehead atoms. The van der Waals surface area contributed by atoms with Crippen molar-refractivity contribution in [1.82, 2.24) is 10.9 Å². The zero-order valence-corrected chi connectivity index (χ0v) is 18.9. The van der Waals surface area contributed by atoms with E-state index < -0.39 is 30.3 Å². The van der Waals surface area contributed by atoms with E-state index in [0.717, 1.165) is 0 Å². The molecule has 0 atom stereocenters. The highest BCUT2D eigenvalue weighted by Gasteiger charge is 2.11. The second-order valence-electron chi connectivity index (χ2n) is 7.37. The van der Waals surface area contributed by atoms with Crippen molar-refractivity contribution in [3.63, 3.8) is 0 Å². The Morgan fingerprint density at radius 3 is 1.97 bits per heavy atom. The lowest BCUT2D eigenvalue weighted by Crippen LogP contribution is -2.41. The van der Waals surface area contributed by atoms with E-state index in [1.165, 1.54) is 0 Å². The lowest BCUT2D eigenvalue weighted by atomic mass is 10.2. The second-order valence-corrected chi connectivity index (χ2v) is 7.37. The number of rotatable bonds is 10. The van der Waals surface area contributed by atoms with Crippen molar-refractivity contribution < 1.29 is 28.7 Å². The summed E-state index contributed by atoms with van der Waals surface area (Å²) in [5, 5.41) is 2.63. The van der Waals surface area contributed by atoms with E-state index in [-0.39, 0.29) is 19.3 Å². The van der Waals surface area contributed by atoms with Gasteiger partial charge < -0.3 is 14.8 Å². The largest absolute Gasteiger partial charge is 0.457 e. The average Bonchev–Trinajstić information content (AvgIpc) is 2.88. The molecule has 0 aromatic heterocycles. The number of benzene rings is 3. The Labute approximate surface area is 202 Å². The molecule has 0 radical (unpaired) electrons. The van der Waals surface area contributed by atoms with Crippen molar-refractivity contribution in [2.24, 2.45) is 0 Å². The van der Waals surface area contributed by atoms with Crippen LogP contribution >= 0.6 is 0 Å². The highest BCUT2D eigenvalue weighted by molar-refractivity contribution is 5.95. The first-order valence-corrected chi connectivity index (χ1v) is 10.9. The smallest absolute Gasteiger partial charge is 0.306 e. The van der Waals surface area contributed by atoms with Crippen LogP contribution in [0.15, 0.2) is 84.9 Å². The molecule has 0 spiro atoms. The number of hydrogen-bond acceptors (Lipinski definition) is 6. The van der Waals surface area contributed by atoms with Gasteiger partial charge >= 0.3 is 5.97 Å². The first-order valence-electron chi connectivity index (χ1n) is 10.9. The van der Waals surface area contributed by atoms with Crippen LogP contribution in [0.2, 0.25) is 0 Å². The Morgan fingerprint density at radius 1 is 0.657 bits per heavy atom. The topological polar surface area (TPSA) is 123 Å². The van der Waals surface area contributed by atoms with Crippen LogP contribution < -0.4 is 20.9 Å². The number of carbonyl (C=O) groups excluding carboxylic acids is 4. The summed E-state index contributed by atoms with van der Waals surface area (Å²) in [6.07, 6.45) is 0.170. The van der Waals surface area contributed by atoms with Gasteiger partial charge in [0.15, 0.2) is 6.61 Å². The fourth-order valence-electron chi connectivity index (χ4n) is 2.89. The molecular formula is C26H25N3O6. The molecular weight excluding hydrogens is 450 g/mol. The van der Waals surface area contributed by atoms with E-state index in [1.54, 1.807) is 54.6 Å². The van der Waals surface area contributed by atoms with Crippen molar-refractivity contribution in [3.05, 3.63) is 90.5 Å². The minimum atomic E-state index is -0.604. The lowest BCUT2D eigenvalue weighted by molar-refractivity contribution is -0.147. The van der Waals surface area contributed by atoms with Gasteiger partial charge in [0.2, 0.25) is 5.91 Å². The summed E-state index contributed by atoms with van der Waals surface area (Å²) in [6.45, 7) is -0.444. The minimum Gasteiger partial charge on any atom is -0.457 e. The van der Waals surface area contributed by atoms with Crippen LogP contribution in [-0.2, 0) is 19.1 Å². The standard InChI is InChI=1S/C26H25N3O6/c30-23(28-29-26(33)19-8-3-1-4-9-19)12-7-13-25(32)34-18-24(31)27-20-14-16-22(17-15-20)35-21-10-5-2-6-11-21/h1-6,8-11,14-17H,7,12-13,18H2,(H,27,31)(H,28,30)(H,29,33). The van der Waals surface area contributed by atoms with Crippen LogP contribution in [0.25, 0.3) is 0 Å². The Bertz CT molecular complexity index is 1130. The second kappa shape index (κ2) is 13.1. The monoisotopic (exact) mass is 475 g/mol. The number of esters is 1. The molecule has 3 aromatic carbocycles. The van der Waals surface area contributed by atoms with Crippen molar-refractivity contribution in [3.8, 4) is 11.5 Å². The number of nitrogens with one attached hydrogen (secondary N) is 3. The molecule has 3 amide bonds. The summed E-state index contributed by atoms with van der Waals surface area (Å²) >= 11 is 0. The van der Waals surface area contributed by atoms with Gasteiger partial charge in [-0.15, -0.1) is 0 Å². The Balaban J connectivity index is 1.28. The van der Waals surface area contributed by atoms with Gasteiger partial charge in [-0.1, -0.05) is 36.4 Å². The number of carbonyl (C=O) groups is 4. The van der Waals surface area contributed by atoms with Gasteiger partial charge in [0.05, 0.1) is 0 Å². The Morgan fingerprint density at radius 2 is 1.29 bits per heavy atom. The number of para-hydroxylation sites is 1. The SMILES string of the molecule is O=C(CCCC(=O)OCC(=O)Nc1ccc(Oc2ccccc2)cc1)NNC(=O)c1ccccc1. The summed E-state index contributed by atoms with van der Waals surface area (Å²) in [4.78, 5) is 47.5. The first kappa shape index (κ1) is 25.0. The van der Waals surface area contributed by atoms with Gasteiger partial charge in [-0.05, 0) is 55.0 Å². The maximum absolute atomic E-state index is 12.0. The molecule has 180 valence electrons. The summed E-state index contributed by atoms with van der Waals surface area (Å²) < 4.78 is 10.6. The zero-order chi connectivity index (χ0) is 24.9. The quantitative estimate of drug-likeness (QED) is 0.304. The van der Waals surface area contributed by atoms with Crippen molar-refractivity contribution in [2.45, 2.75) is 19.3 Å². The van der Waals surface area contributed by atoms with Crippen LogP contribution in [0.3, 0.4) is 0 Å². The highest BCUT2D eigenvalue weighted by Crippen LogP contribution is 2.22. The lowest BCUT2D eigenvalue weighted by Gasteiger charge is -2.09. The van der Waals surface area contributed by atoms with E-state index in [2.05, 4.69) is 16.2 Å². The number of amides is 3. The maximum atomic E-state index is 12.0. The van der Waals surface area contributed by atoms with Crippen molar-refractivity contribution in [1.29, 1.82) is 0 Å². The number of hydrogen-bond donors (Lipinski definition) is 3. The number of ether oxygens (including phenoxy) is 2. The fourth-order valence-corrected chi connectivity index (χ4v) is 2.89. The van der Waals surface area contributed by atoms with Gasteiger partial charge in [-0.2, -0.15) is 0 Å². The van der Waals surface area contributed by atoms with Crippen LogP contribution in [0.5, 0.6) is 11.5 Å². The van der Waals surface area contributed by atoms with E-state index in [1.807, 2.05) is 30.3 Å². The zero-order valence-electron chi connectivity index (χ0n) is 18.9. The molecule has 0 aliphatic heterocycles. The predicted molar refractivity (Wildman–Crippen MR) is 128 cm³/mol. The Hall–Kier alpha value is -4.66. The molecule has 0 aliphatic rings. The molecule has 35 heavy (non-hydrogen) atoms. The Kier molecular flexibility index (Phi) is 9.38. The van der Waals surface area contributed by atoms with Gasteiger partial charge in [0, 0.05) is 24.1 Å². The summed E-state index contributed by atoms with van der Waals surface area (Å²) in [5.74, 6) is -0.665. The van der Waals surface area contributed by atoms with Gasteiger partial charge in [-0.25, -0.2) is 0 Å². The third kappa shape index (κ3) is 9.01. The molecule has 9 nitrogen and oxygen atoms in total. The van der Waals surface area contributed by atoms with E-state index in [4.69, 9.17) is 9.47 Å². The molecule has 0 aliphatic carbocycles. The third-order valence-corrected chi connectivity index (χ3v) is 4.62. The summed E-state index contributed by atoms with van der Waals surface area (Å²) in [5.41, 5.74) is 5.52. The first-order chi connectivity index (χ1) is 17.0. The van der Waals surface area contributed by atoms with Crippen LogP contribution in [0.4, 0.5) is 5.69 Å². The van der Waals surface area contributed by atoms with Gasteiger partial charge in [-0.3, -0.25) is 30.0 Å². The minimum absolute atomic E-state index is 0.00771. The van der Waals surface area contributed by atoms with Crippen LogP contribution in [-0.4, -0.2) is 30.3 Å². The number of anilines is 1. The highest BCUT2D eigenvalue weighted by atomic mass is 16.5. The van der Waals surface area contributed by atoms with Gasteiger partial charge in [0.1, 0.15) is 11.5 Å². The molecule has 3 rings (SSSR count). The maximum Gasteiger partial charge on any atom is 0.306 e. The third-order valence-electron chi connectivity index (χ3n) is 4.62. The number of hydrazine groups is 1. The van der Waals surface area contributed by atoms with Crippen LogP contribution in [0, 0.1) is 0 Å². The molecule has 0 saturated carbocycles. The molecule has 0 fully saturated rings.